The van der Waals surface area contributed by atoms with Crippen molar-refractivity contribution in [3.63, 3.8) is 0 Å². The molecule has 0 saturated heterocycles. The number of methoxy groups -OCH3 is 1. The molecule has 0 saturated carbocycles. The van der Waals surface area contributed by atoms with Crippen molar-refractivity contribution in [3.8, 4) is 0 Å². The predicted octanol–water partition coefficient (Wildman–Crippen LogP) is 1.28. The number of nitrogens with one attached hydrogen (secondary N) is 1. The summed E-state index contributed by atoms with van der Waals surface area (Å²) >= 11 is 6.73. The highest BCUT2D eigenvalue weighted by Crippen LogP contribution is 2.22. The Labute approximate surface area is 83.0 Å². The molecule has 1 amide bonds. The molecule has 1 rings (SSSR count). The molecule has 0 atom stereocenters. The van der Waals surface area contributed by atoms with Gasteiger partial charge in [-0.05, 0) is 11.5 Å². The van der Waals surface area contributed by atoms with Crippen LogP contribution in [0, 0.1) is 0 Å². The summed E-state index contributed by atoms with van der Waals surface area (Å²) in [6.45, 7) is 0. The van der Waals surface area contributed by atoms with Crippen LogP contribution in [-0.2, 0) is 11.8 Å². The first-order chi connectivity index (χ1) is 6.06. The van der Waals surface area contributed by atoms with Gasteiger partial charge < -0.3 is 4.74 Å². The highest BCUT2D eigenvalue weighted by Gasteiger charge is 2.13. The maximum Gasteiger partial charge on any atom is 0.411 e. The summed E-state index contributed by atoms with van der Waals surface area (Å²) in [5, 5.41) is 2.23. The Bertz CT molecular complexity index is 384. The lowest BCUT2D eigenvalue weighted by Crippen LogP contribution is -2.19. The number of amides is 1. The molecular weight excluding hydrogens is 216 g/mol. The fourth-order valence-electron chi connectivity index (χ4n) is 0.705. The van der Waals surface area contributed by atoms with Crippen LogP contribution in [0.5, 0.6) is 0 Å². The van der Waals surface area contributed by atoms with E-state index < -0.39 is 6.09 Å². The molecular formula is C6H7ClN2O3S. The zero-order chi connectivity index (χ0) is 10.0. The molecule has 1 N–H and O–H groups in total. The van der Waals surface area contributed by atoms with Crippen molar-refractivity contribution >= 4 is 34.9 Å². The molecule has 0 fully saturated rings. The van der Waals surface area contributed by atoms with Gasteiger partial charge in [0.2, 0.25) is 0 Å². The lowest BCUT2D eigenvalue weighted by atomic mass is 10.6. The second-order valence-corrected chi connectivity index (χ2v) is 3.90. The zero-order valence-corrected chi connectivity index (χ0v) is 8.53. The number of carbonyl (C=O) groups excluding carboxylic acids is 1. The smallest absolute Gasteiger partial charge is 0.411 e. The van der Waals surface area contributed by atoms with Gasteiger partial charge in [0.05, 0.1) is 7.11 Å². The maximum atomic E-state index is 11.3. The largest absolute Gasteiger partial charge is 0.453 e. The minimum Gasteiger partial charge on any atom is -0.453 e. The zero-order valence-electron chi connectivity index (χ0n) is 6.96. The number of ether oxygens (including phenoxy) is 1. The van der Waals surface area contributed by atoms with E-state index in [-0.39, 0.29) is 15.6 Å². The third kappa shape index (κ3) is 2.02. The lowest BCUT2D eigenvalue weighted by Gasteiger charge is -1.98. The Balaban J connectivity index is 3.01. The number of anilines is 1. The Morgan fingerprint density at radius 2 is 2.31 bits per heavy atom. The molecule has 0 unspecified atom stereocenters. The molecule has 0 aliphatic heterocycles. The van der Waals surface area contributed by atoms with Crippen molar-refractivity contribution in [2.75, 3.05) is 12.4 Å². The van der Waals surface area contributed by atoms with Gasteiger partial charge in [-0.25, -0.2) is 4.79 Å². The van der Waals surface area contributed by atoms with Gasteiger partial charge in [-0.15, -0.1) is 0 Å². The summed E-state index contributed by atoms with van der Waals surface area (Å²) in [6.07, 6.45) is -0.711. The van der Waals surface area contributed by atoms with Gasteiger partial charge >= 0.3 is 6.09 Å². The Kier molecular flexibility index (Phi) is 2.94. The SMILES string of the molecule is COC(=O)Nc1c(Cl)sn(C)c1=O. The fraction of sp³-hybridized carbons (Fsp3) is 0.333. The number of hydrogen-bond donors (Lipinski definition) is 1. The van der Waals surface area contributed by atoms with Crippen LogP contribution in [0.3, 0.4) is 0 Å². The Hall–Kier alpha value is -1.01. The summed E-state index contributed by atoms with van der Waals surface area (Å²) in [5.41, 5.74) is -0.290. The Morgan fingerprint density at radius 3 is 2.69 bits per heavy atom. The summed E-state index contributed by atoms with van der Waals surface area (Å²) in [6, 6.07) is 0. The van der Waals surface area contributed by atoms with Gasteiger partial charge in [-0.1, -0.05) is 11.6 Å². The summed E-state index contributed by atoms with van der Waals surface area (Å²) in [5.74, 6) is 0. The molecule has 0 aliphatic rings. The quantitative estimate of drug-likeness (QED) is 0.779. The summed E-state index contributed by atoms with van der Waals surface area (Å²) < 4.78 is 5.87. The summed E-state index contributed by atoms with van der Waals surface area (Å²) in [4.78, 5) is 22.0. The first-order valence-corrected chi connectivity index (χ1v) is 4.42. The standard InChI is InChI=1S/C6H7ClN2O3S/c1-9-5(10)3(4(7)13-9)8-6(11)12-2/h1-2H3,(H,8,11). The van der Waals surface area contributed by atoms with E-state index in [1.807, 2.05) is 0 Å². The molecule has 0 aliphatic carbocycles. The average Bonchev–Trinajstić information content (AvgIpc) is 2.32. The van der Waals surface area contributed by atoms with E-state index in [2.05, 4.69) is 10.1 Å². The van der Waals surface area contributed by atoms with Crippen LogP contribution in [0.15, 0.2) is 4.79 Å². The van der Waals surface area contributed by atoms with Crippen molar-refractivity contribution in [2.45, 2.75) is 0 Å². The van der Waals surface area contributed by atoms with Crippen LogP contribution in [0.1, 0.15) is 0 Å². The molecule has 7 heteroatoms. The normalized spacial score (nSPS) is 9.77. The second-order valence-electron chi connectivity index (χ2n) is 2.16. The van der Waals surface area contributed by atoms with Crippen molar-refractivity contribution in [2.24, 2.45) is 7.05 Å². The molecule has 0 aromatic carbocycles. The molecule has 1 heterocycles. The monoisotopic (exact) mass is 222 g/mol. The number of nitrogens with zero attached hydrogens (tertiary/aromatic N) is 1. The number of halogens is 1. The third-order valence-corrected chi connectivity index (χ3v) is 2.53. The van der Waals surface area contributed by atoms with Gasteiger partial charge in [-0.3, -0.25) is 14.1 Å². The van der Waals surface area contributed by atoms with Gasteiger partial charge in [0.1, 0.15) is 10.0 Å². The highest BCUT2D eigenvalue weighted by atomic mass is 35.5. The van der Waals surface area contributed by atoms with Crippen LogP contribution >= 0.6 is 23.1 Å². The van der Waals surface area contributed by atoms with Gasteiger partial charge in [-0.2, -0.15) is 0 Å². The van der Waals surface area contributed by atoms with E-state index in [9.17, 15) is 9.59 Å². The molecule has 0 radical (unpaired) electrons. The number of aromatic nitrogens is 1. The third-order valence-electron chi connectivity index (χ3n) is 1.33. The van der Waals surface area contributed by atoms with Crippen LogP contribution in [0.2, 0.25) is 4.34 Å². The van der Waals surface area contributed by atoms with E-state index in [1.54, 1.807) is 7.05 Å². The molecule has 5 nitrogen and oxygen atoms in total. The number of rotatable bonds is 1. The molecule has 0 bridgehead atoms. The number of hydrogen-bond acceptors (Lipinski definition) is 4. The van der Waals surface area contributed by atoms with Gasteiger partial charge in [0.25, 0.3) is 5.56 Å². The lowest BCUT2D eigenvalue weighted by molar-refractivity contribution is 0.187. The minimum absolute atomic E-state index is 0.0565. The summed E-state index contributed by atoms with van der Waals surface area (Å²) in [7, 11) is 2.77. The average molecular weight is 223 g/mol. The second kappa shape index (κ2) is 3.80. The van der Waals surface area contributed by atoms with E-state index in [0.717, 1.165) is 11.5 Å². The Morgan fingerprint density at radius 1 is 1.69 bits per heavy atom. The minimum atomic E-state index is -0.711. The van der Waals surface area contributed by atoms with E-state index >= 15 is 0 Å². The van der Waals surface area contributed by atoms with Crippen molar-refractivity contribution < 1.29 is 9.53 Å². The van der Waals surface area contributed by atoms with Gasteiger partial charge in [0.15, 0.2) is 0 Å². The molecule has 1 aromatic heterocycles. The van der Waals surface area contributed by atoms with Crippen LogP contribution in [-0.4, -0.2) is 17.2 Å². The fourth-order valence-corrected chi connectivity index (χ4v) is 1.79. The van der Waals surface area contributed by atoms with E-state index in [4.69, 9.17) is 11.6 Å². The first kappa shape index (κ1) is 10.1. The van der Waals surface area contributed by atoms with Crippen LogP contribution < -0.4 is 10.9 Å². The number of carbonyl (C=O) groups is 1. The van der Waals surface area contributed by atoms with E-state index in [0.29, 0.717) is 0 Å². The maximum absolute atomic E-state index is 11.3. The van der Waals surface area contributed by atoms with Crippen LogP contribution in [0.25, 0.3) is 0 Å². The van der Waals surface area contributed by atoms with Crippen LogP contribution in [0.4, 0.5) is 10.5 Å². The molecule has 13 heavy (non-hydrogen) atoms. The van der Waals surface area contributed by atoms with Crippen molar-refractivity contribution in [1.29, 1.82) is 0 Å². The molecule has 0 spiro atoms. The molecule has 72 valence electrons. The first-order valence-electron chi connectivity index (χ1n) is 3.27. The van der Waals surface area contributed by atoms with Gasteiger partial charge in [0, 0.05) is 7.05 Å². The number of aryl methyl sites for hydroxylation is 1. The highest BCUT2D eigenvalue weighted by molar-refractivity contribution is 7.11. The van der Waals surface area contributed by atoms with E-state index in [1.165, 1.54) is 11.1 Å². The van der Waals surface area contributed by atoms with Crippen molar-refractivity contribution in [3.05, 3.63) is 14.7 Å². The van der Waals surface area contributed by atoms with Crippen molar-refractivity contribution in [1.82, 2.24) is 3.96 Å². The predicted molar refractivity (Wildman–Crippen MR) is 50.6 cm³/mol. The molecule has 1 aromatic rings. The topological polar surface area (TPSA) is 60.3 Å².